The third kappa shape index (κ3) is 3.63. The lowest BCUT2D eigenvalue weighted by Gasteiger charge is -2.22. The molecule has 1 saturated carbocycles. The minimum atomic E-state index is -0.281. The Hall–Kier alpha value is -3.00. The fourth-order valence-corrected chi connectivity index (χ4v) is 3.94. The summed E-state index contributed by atoms with van der Waals surface area (Å²) in [5.74, 6) is 1.82. The first-order valence-electron chi connectivity index (χ1n) is 10.4. The van der Waals surface area contributed by atoms with Gasteiger partial charge in [-0.2, -0.15) is 0 Å². The first-order valence-corrected chi connectivity index (χ1v) is 10.4. The quantitative estimate of drug-likeness (QED) is 0.658. The van der Waals surface area contributed by atoms with Gasteiger partial charge in [-0.25, -0.2) is 15.0 Å². The van der Waals surface area contributed by atoms with Gasteiger partial charge in [0.15, 0.2) is 0 Å². The zero-order valence-electron chi connectivity index (χ0n) is 17.2. The maximum atomic E-state index is 13.1. The number of furan rings is 1. The molecule has 0 radical (unpaired) electrons. The highest BCUT2D eigenvalue weighted by atomic mass is 16.5. The van der Waals surface area contributed by atoms with Crippen molar-refractivity contribution in [3.8, 4) is 0 Å². The summed E-state index contributed by atoms with van der Waals surface area (Å²) in [5, 5.41) is 6.94. The van der Waals surface area contributed by atoms with Gasteiger partial charge in [0.1, 0.15) is 23.7 Å². The molecule has 0 spiro atoms. The molecule has 8 nitrogen and oxygen atoms in total. The highest BCUT2D eigenvalue weighted by Gasteiger charge is 2.38. The van der Waals surface area contributed by atoms with E-state index >= 15 is 0 Å². The molecule has 156 valence electrons. The maximum Gasteiger partial charge on any atom is 0.261 e. The monoisotopic (exact) mass is 407 g/mol. The van der Waals surface area contributed by atoms with E-state index in [1.54, 1.807) is 6.92 Å². The van der Waals surface area contributed by atoms with E-state index in [0.717, 1.165) is 38.9 Å². The summed E-state index contributed by atoms with van der Waals surface area (Å²) >= 11 is 0. The number of fused-ring (bicyclic) bond motifs is 1. The van der Waals surface area contributed by atoms with E-state index in [2.05, 4.69) is 32.5 Å². The second-order valence-corrected chi connectivity index (χ2v) is 8.44. The van der Waals surface area contributed by atoms with Crippen LogP contribution in [0.15, 0.2) is 29.1 Å². The first kappa shape index (κ1) is 19.0. The third-order valence-electron chi connectivity index (χ3n) is 6.03. The molecule has 1 saturated heterocycles. The van der Waals surface area contributed by atoms with Gasteiger partial charge in [0, 0.05) is 24.9 Å². The second-order valence-electron chi connectivity index (χ2n) is 8.44. The summed E-state index contributed by atoms with van der Waals surface area (Å²) in [7, 11) is 0. The van der Waals surface area contributed by atoms with E-state index in [-0.39, 0.29) is 11.4 Å². The molecule has 1 aliphatic heterocycles. The summed E-state index contributed by atoms with van der Waals surface area (Å²) in [6, 6.07) is 3.88. The Kier molecular flexibility index (Phi) is 4.66. The lowest BCUT2D eigenvalue weighted by Crippen LogP contribution is -2.19. The fourth-order valence-electron chi connectivity index (χ4n) is 3.94. The lowest BCUT2D eigenvalue weighted by atomic mass is 9.93. The third-order valence-corrected chi connectivity index (χ3v) is 6.03. The number of anilines is 2. The number of rotatable bonds is 5. The van der Waals surface area contributed by atoms with Crippen LogP contribution in [0.5, 0.6) is 0 Å². The van der Waals surface area contributed by atoms with E-state index in [4.69, 9.17) is 9.15 Å². The molecule has 0 aromatic carbocycles. The Morgan fingerprint density at radius 2 is 1.97 bits per heavy atom. The largest absolute Gasteiger partial charge is 0.442 e. The van der Waals surface area contributed by atoms with E-state index in [9.17, 15) is 4.79 Å². The van der Waals surface area contributed by atoms with Crippen molar-refractivity contribution >= 4 is 28.6 Å². The van der Waals surface area contributed by atoms with Crippen molar-refractivity contribution in [1.29, 1.82) is 0 Å². The zero-order valence-corrected chi connectivity index (χ0v) is 17.2. The van der Waals surface area contributed by atoms with Gasteiger partial charge in [0.05, 0.1) is 10.9 Å². The molecule has 30 heavy (non-hydrogen) atoms. The van der Waals surface area contributed by atoms with E-state index in [1.165, 1.54) is 11.9 Å². The summed E-state index contributed by atoms with van der Waals surface area (Å²) in [4.78, 5) is 26.1. The molecule has 0 bridgehead atoms. The molecule has 2 aliphatic rings. The number of carbonyl (C=O) groups excluding carboxylic acids is 1. The summed E-state index contributed by atoms with van der Waals surface area (Å²) in [6.45, 7) is 5.47. The van der Waals surface area contributed by atoms with Gasteiger partial charge in [0.2, 0.25) is 5.71 Å². The number of amides is 1. The minimum absolute atomic E-state index is 0.0156. The van der Waals surface area contributed by atoms with Gasteiger partial charge in [-0.05, 0) is 57.1 Å². The normalized spacial score (nSPS) is 18.3. The number of hydrogen-bond donors (Lipinski definition) is 2. The van der Waals surface area contributed by atoms with Gasteiger partial charge in [0.25, 0.3) is 5.91 Å². The molecule has 5 rings (SSSR count). The molecule has 1 aliphatic carbocycles. The maximum absolute atomic E-state index is 13.1. The highest BCUT2D eigenvalue weighted by molar-refractivity contribution is 6.15. The minimum Gasteiger partial charge on any atom is -0.442 e. The van der Waals surface area contributed by atoms with Crippen LogP contribution in [-0.4, -0.2) is 39.6 Å². The smallest absolute Gasteiger partial charge is 0.261 e. The number of aryl methyl sites for hydroxylation is 1. The number of hydrogen-bond acceptors (Lipinski definition) is 7. The van der Waals surface area contributed by atoms with Crippen LogP contribution in [0, 0.1) is 6.92 Å². The van der Waals surface area contributed by atoms with Crippen molar-refractivity contribution in [2.75, 3.05) is 23.8 Å². The highest BCUT2D eigenvalue weighted by Crippen LogP contribution is 2.40. The van der Waals surface area contributed by atoms with Crippen LogP contribution in [-0.2, 0) is 4.74 Å². The van der Waals surface area contributed by atoms with Crippen molar-refractivity contribution in [1.82, 2.24) is 15.0 Å². The zero-order chi connectivity index (χ0) is 20.7. The van der Waals surface area contributed by atoms with Crippen LogP contribution in [0.3, 0.4) is 0 Å². The SMILES string of the molecule is Cc1oc2ncnc(NC3(C)CC3)c2c1C(=O)Nc1ccc(C2CCOCC2)cn1. The van der Waals surface area contributed by atoms with Gasteiger partial charge in [-0.1, -0.05) is 6.07 Å². The predicted octanol–water partition coefficient (Wildman–Crippen LogP) is 4.04. The molecule has 8 heteroatoms. The number of ether oxygens (including phenoxy) is 1. The van der Waals surface area contributed by atoms with Gasteiger partial charge < -0.3 is 19.8 Å². The average molecular weight is 407 g/mol. The second kappa shape index (κ2) is 7.36. The molecular formula is C22H25N5O3. The van der Waals surface area contributed by atoms with Crippen LogP contribution >= 0.6 is 0 Å². The molecule has 2 N–H and O–H groups in total. The number of pyridine rings is 1. The molecule has 4 heterocycles. The summed E-state index contributed by atoms with van der Waals surface area (Å²) < 4.78 is 11.2. The van der Waals surface area contributed by atoms with Crippen LogP contribution in [0.25, 0.3) is 11.1 Å². The summed E-state index contributed by atoms with van der Waals surface area (Å²) in [6.07, 6.45) is 7.44. The van der Waals surface area contributed by atoms with Crippen LogP contribution in [0.2, 0.25) is 0 Å². The topological polar surface area (TPSA) is 102 Å². The Morgan fingerprint density at radius 3 is 2.67 bits per heavy atom. The Labute approximate surface area is 174 Å². The van der Waals surface area contributed by atoms with E-state index < -0.39 is 0 Å². The molecule has 0 atom stereocenters. The van der Waals surface area contributed by atoms with Gasteiger partial charge in [-0.15, -0.1) is 0 Å². The summed E-state index contributed by atoms with van der Waals surface area (Å²) in [5.41, 5.74) is 2.04. The number of aromatic nitrogens is 3. The molecule has 3 aromatic rings. The van der Waals surface area contributed by atoms with Crippen molar-refractivity contribution in [2.24, 2.45) is 0 Å². The first-order chi connectivity index (χ1) is 14.5. The molecule has 3 aromatic heterocycles. The van der Waals surface area contributed by atoms with Crippen molar-refractivity contribution in [2.45, 2.75) is 51.0 Å². The Morgan fingerprint density at radius 1 is 1.17 bits per heavy atom. The number of carbonyl (C=O) groups is 1. The Bertz CT molecular complexity index is 1080. The van der Waals surface area contributed by atoms with Gasteiger partial charge >= 0.3 is 0 Å². The van der Waals surface area contributed by atoms with Gasteiger partial charge in [-0.3, -0.25) is 4.79 Å². The van der Waals surface area contributed by atoms with Crippen molar-refractivity contribution in [3.63, 3.8) is 0 Å². The van der Waals surface area contributed by atoms with Crippen LogP contribution in [0.1, 0.15) is 60.2 Å². The van der Waals surface area contributed by atoms with E-state index in [1.807, 2.05) is 18.3 Å². The van der Waals surface area contributed by atoms with Crippen molar-refractivity contribution < 1.29 is 13.9 Å². The predicted molar refractivity (Wildman–Crippen MR) is 113 cm³/mol. The van der Waals surface area contributed by atoms with Crippen molar-refractivity contribution in [3.05, 3.63) is 41.5 Å². The molecule has 0 unspecified atom stereocenters. The molecular weight excluding hydrogens is 382 g/mol. The molecule has 2 fully saturated rings. The Balaban J connectivity index is 1.40. The number of nitrogens with one attached hydrogen (secondary N) is 2. The van der Waals surface area contributed by atoms with E-state index in [0.29, 0.717) is 40.0 Å². The van der Waals surface area contributed by atoms with Crippen LogP contribution < -0.4 is 10.6 Å². The fraction of sp³-hybridized carbons (Fsp3) is 0.455. The standard InChI is InChI=1S/C22H25N5O3/c1-13-17(18-19(27-22(2)7-8-22)24-12-25-21(18)30-13)20(28)26-16-4-3-15(11-23-16)14-5-9-29-10-6-14/h3-4,11-12,14H,5-10H2,1-2H3,(H,23,26,28)(H,24,25,27). The lowest BCUT2D eigenvalue weighted by molar-refractivity contribution is 0.0853. The average Bonchev–Trinajstić information content (AvgIpc) is 3.37. The molecule has 1 amide bonds. The van der Waals surface area contributed by atoms with Crippen LogP contribution in [0.4, 0.5) is 11.6 Å². The number of nitrogens with zero attached hydrogens (tertiary/aromatic N) is 3.